The van der Waals surface area contributed by atoms with Crippen LogP contribution in [0.3, 0.4) is 0 Å². The number of carbonyl (C=O) groups is 1. The zero-order valence-electron chi connectivity index (χ0n) is 12.8. The number of benzene rings is 2. The van der Waals surface area contributed by atoms with Gasteiger partial charge in [-0.1, -0.05) is 23.8 Å². The molecule has 0 aliphatic heterocycles. The monoisotopic (exact) mass is 314 g/mol. The molecule has 5 heteroatoms. The molecule has 0 fully saturated rings. The summed E-state index contributed by atoms with van der Waals surface area (Å²) < 4.78 is 4.70. The van der Waals surface area contributed by atoms with Gasteiger partial charge in [-0.2, -0.15) is 0 Å². The first-order chi connectivity index (χ1) is 10.5. The average molecular weight is 314 g/mol. The van der Waals surface area contributed by atoms with Gasteiger partial charge in [0.15, 0.2) is 5.11 Å². The van der Waals surface area contributed by atoms with Crippen LogP contribution in [0.4, 0.5) is 11.4 Å². The van der Waals surface area contributed by atoms with E-state index in [1.54, 1.807) is 18.2 Å². The lowest BCUT2D eigenvalue weighted by Crippen LogP contribution is -2.19. The highest BCUT2D eigenvalue weighted by atomic mass is 32.1. The molecule has 22 heavy (non-hydrogen) atoms. The fraction of sp³-hybridized carbons (Fsp3) is 0.176. The predicted octanol–water partition coefficient (Wildman–Crippen LogP) is 3.90. The van der Waals surface area contributed by atoms with Crippen molar-refractivity contribution in [2.24, 2.45) is 0 Å². The van der Waals surface area contributed by atoms with Gasteiger partial charge in [0.25, 0.3) is 0 Å². The summed E-state index contributed by atoms with van der Waals surface area (Å²) in [5.41, 5.74) is 4.47. The van der Waals surface area contributed by atoms with Crippen LogP contribution < -0.4 is 10.6 Å². The van der Waals surface area contributed by atoms with Gasteiger partial charge in [0.05, 0.1) is 12.7 Å². The second-order valence-corrected chi connectivity index (χ2v) is 5.38. The van der Waals surface area contributed by atoms with E-state index in [1.165, 1.54) is 12.7 Å². The van der Waals surface area contributed by atoms with E-state index in [0.29, 0.717) is 10.7 Å². The van der Waals surface area contributed by atoms with Crippen LogP contribution in [-0.2, 0) is 4.74 Å². The van der Waals surface area contributed by atoms with E-state index in [-0.39, 0.29) is 5.97 Å². The summed E-state index contributed by atoms with van der Waals surface area (Å²) >= 11 is 5.31. The number of esters is 1. The maximum absolute atomic E-state index is 11.5. The Labute approximate surface area is 135 Å². The van der Waals surface area contributed by atoms with Crippen LogP contribution >= 0.6 is 12.2 Å². The maximum Gasteiger partial charge on any atom is 0.337 e. The molecule has 0 spiro atoms. The number of thiocarbonyl (C=S) groups is 1. The Morgan fingerprint density at radius 3 is 2.55 bits per heavy atom. The van der Waals surface area contributed by atoms with Gasteiger partial charge >= 0.3 is 5.97 Å². The van der Waals surface area contributed by atoms with E-state index in [1.807, 2.05) is 32.0 Å². The molecule has 0 aliphatic rings. The number of ether oxygens (including phenoxy) is 1. The molecular formula is C17H18N2O2S. The van der Waals surface area contributed by atoms with Gasteiger partial charge in [-0.05, 0) is 55.9 Å². The molecule has 0 heterocycles. The first-order valence-corrected chi connectivity index (χ1v) is 7.24. The molecule has 114 valence electrons. The summed E-state index contributed by atoms with van der Waals surface area (Å²) in [4.78, 5) is 11.5. The predicted molar refractivity (Wildman–Crippen MR) is 93.5 cm³/mol. The van der Waals surface area contributed by atoms with Gasteiger partial charge in [0.1, 0.15) is 0 Å². The molecule has 0 aromatic heterocycles. The van der Waals surface area contributed by atoms with Crippen molar-refractivity contribution in [3.05, 3.63) is 59.2 Å². The van der Waals surface area contributed by atoms with Crippen molar-refractivity contribution in [3.63, 3.8) is 0 Å². The van der Waals surface area contributed by atoms with Crippen LogP contribution in [0, 0.1) is 13.8 Å². The molecule has 0 atom stereocenters. The van der Waals surface area contributed by atoms with Crippen molar-refractivity contribution in [2.75, 3.05) is 17.7 Å². The number of hydrogen-bond donors (Lipinski definition) is 2. The molecule has 2 aromatic carbocycles. The van der Waals surface area contributed by atoms with Crippen molar-refractivity contribution in [2.45, 2.75) is 13.8 Å². The van der Waals surface area contributed by atoms with Gasteiger partial charge in [-0.3, -0.25) is 0 Å². The molecular weight excluding hydrogens is 296 g/mol. The summed E-state index contributed by atoms with van der Waals surface area (Å²) in [6.07, 6.45) is 0. The highest BCUT2D eigenvalue weighted by molar-refractivity contribution is 7.80. The number of methoxy groups -OCH3 is 1. The molecule has 0 unspecified atom stereocenters. The van der Waals surface area contributed by atoms with Crippen LogP contribution in [0.5, 0.6) is 0 Å². The first kappa shape index (κ1) is 16.0. The third kappa shape index (κ3) is 4.05. The van der Waals surface area contributed by atoms with Crippen LogP contribution in [-0.4, -0.2) is 18.2 Å². The molecule has 2 rings (SSSR count). The molecule has 0 aliphatic carbocycles. The molecule has 0 bridgehead atoms. The lowest BCUT2D eigenvalue weighted by atomic mass is 10.1. The lowest BCUT2D eigenvalue weighted by Gasteiger charge is -2.13. The zero-order valence-corrected chi connectivity index (χ0v) is 13.6. The minimum absolute atomic E-state index is 0.378. The average Bonchev–Trinajstić information content (AvgIpc) is 2.49. The SMILES string of the molecule is COC(=O)c1cccc(NC(=S)Nc2ccc(C)cc2C)c1. The molecule has 4 nitrogen and oxygen atoms in total. The normalized spacial score (nSPS) is 9.95. The molecule has 0 saturated heterocycles. The molecule has 0 saturated carbocycles. The Morgan fingerprint density at radius 2 is 1.86 bits per heavy atom. The van der Waals surface area contributed by atoms with Gasteiger partial charge in [-0.15, -0.1) is 0 Å². The summed E-state index contributed by atoms with van der Waals surface area (Å²) in [6.45, 7) is 4.07. The van der Waals surface area contributed by atoms with Gasteiger partial charge in [0.2, 0.25) is 0 Å². The quantitative estimate of drug-likeness (QED) is 0.665. The van der Waals surface area contributed by atoms with E-state index < -0.39 is 0 Å². The summed E-state index contributed by atoms with van der Waals surface area (Å²) in [7, 11) is 1.36. The van der Waals surface area contributed by atoms with Crippen LogP contribution in [0.25, 0.3) is 0 Å². The Kier molecular flexibility index (Phi) is 5.12. The van der Waals surface area contributed by atoms with Crippen molar-refractivity contribution in [1.82, 2.24) is 0 Å². The van der Waals surface area contributed by atoms with Crippen LogP contribution in [0.15, 0.2) is 42.5 Å². The van der Waals surface area contributed by atoms with E-state index in [0.717, 1.165) is 16.9 Å². The number of aryl methyl sites for hydroxylation is 2. The maximum atomic E-state index is 11.5. The Morgan fingerprint density at radius 1 is 1.09 bits per heavy atom. The van der Waals surface area contributed by atoms with Crippen molar-refractivity contribution < 1.29 is 9.53 Å². The van der Waals surface area contributed by atoms with E-state index >= 15 is 0 Å². The second-order valence-electron chi connectivity index (χ2n) is 4.97. The highest BCUT2D eigenvalue weighted by Gasteiger charge is 2.07. The fourth-order valence-electron chi connectivity index (χ4n) is 2.08. The van der Waals surface area contributed by atoms with Crippen molar-refractivity contribution in [3.8, 4) is 0 Å². The van der Waals surface area contributed by atoms with E-state index in [4.69, 9.17) is 17.0 Å². The molecule has 2 N–H and O–H groups in total. The lowest BCUT2D eigenvalue weighted by molar-refractivity contribution is 0.0601. The van der Waals surface area contributed by atoms with Crippen LogP contribution in [0.2, 0.25) is 0 Å². The number of anilines is 2. The van der Waals surface area contributed by atoms with E-state index in [9.17, 15) is 4.79 Å². The number of rotatable bonds is 3. The molecule has 2 aromatic rings. The standard InChI is InChI=1S/C17H18N2O2S/c1-11-7-8-15(12(2)9-11)19-17(22)18-14-6-4-5-13(10-14)16(20)21-3/h4-10H,1-3H3,(H2,18,19,22). The Bertz CT molecular complexity index is 714. The van der Waals surface area contributed by atoms with Gasteiger partial charge < -0.3 is 15.4 Å². The van der Waals surface area contributed by atoms with Crippen molar-refractivity contribution >= 4 is 34.7 Å². The summed E-state index contributed by atoms with van der Waals surface area (Å²) in [5.74, 6) is -0.378. The van der Waals surface area contributed by atoms with Gasteiger partial charge in [-0.25, -0.2) is 4.79 Å². The summed E-state index contributed by atoms with van der Waals surface area (Å²) in [5, 5.41) is 6.68. The Balaban J connectivity index is 2.07. The van der Waals surface area contributed by atoms with Crippen LogP contribution in [0.1, 0.15) is 21.5 Å². The fourth-order valence-corrected chi connectivity index (χ4v) is 2.31. The summed E-state index contributed by atoms with van der Waals surface area (Å²) in [6, 6.07) is 13.1. The zero-order chi connectivity index (χ0) is 16.1. The minimum Gasteiger partial charge on any atom is -0.465 e. The largest absolute Gasteiger partial charge is 0.465 e. The topological polar surface area (TPSA) is 50.4 Å². The molecule has 0 amide bonds. The molecule has 0 radical (unpaired) electrons. The highest BCUT2D eigenvalue weighted by Crippen LogP contribution is 2.17. The Hall–Kier alpha value is -2.40. The van der Waals surface area contributed by atoms with E-state index in [2.05, 4.69) is 16.7 Å². The smallest absolute Gasteiger partial charge is 0.337 e. The second kappa shape index (κ2) is 7.04. The first-order valence-electron chi connectivity index (χ1n) is 6.83. The number of carbonyl (C=O) groups excluding carboxylic acids is 1. The van der Waals surface area contributed by atoms with Crippen molar-refractivity contribution in [1.29, 1.82) is 0 Å². The third-order valence-corrected chi connectivity index (χ3v) is 3.38. The minimum atomic E-state index is -0.378. The number of nitrogens with one attached hydrogen (secondary N) is 2. The third-order valence-electron chi connectivity index (χ3n) is 3.17. The number of hydrogen-bond acceptors (Lipinski definition) is 3. The van der Waals surface area contributed by atoms with Gasteiger partial charge in [0, 0.05) is 11.4 Å².